The summed E-state index contributed by atoms with van der Waals surface area (Å²) in [5.74, 6) is 0.306. The second kappa shape index (κ2) is 10.7. The normalized spacial score (nSPS) is 10.5. The first kappa shape index (κ1) is 23.1. The summed E-state index contributed by atoms with van der Waals surface area (Å²) in [6.45, 7) is 0.537. The van der Waals surface area contributed by atoms with E-state index < -0.39 is 0 Å². The number of amides is 2. The molecule has 4 rings (SSSR count). The lowest BCUT2D eigenvalue weighted by Gasteiger charge is -2.08. The number of aromatic nitrogens is 2. The van der Waals surface area contributed by atoms with Gasteiger partial charge in [0.25, 0.3) is 5.91 Å². The SMILES string of the molecule is COc1cccc(CC(=O)Nc2ccc(Cn3cnc(C(=O)Nc4cccc(Cl)c4)c3)cc2)c1. The minimum Gasteiger partial charge on any atom is -0.497 e. The number of hydrogen-bond donors (Lipinski definition) is 2. The van der Waals surface area contributed by atoms with Crippen LogP contribution in [0, 0.1) is 0 Å². The highest BCUT2D eigenvalue weighted by atomic mass is 35.5. The highest BCUT2D eigenvalue weighted by Gasteiger charge is 2.11. The Balaban J connectivity index is 1.31. The molecule has 8 heteroatoms. The van der Waals surface area contributed by atoms with E-state index in [4.69, 9.17) is 16.3 Å². The number of anilines is 2. The van der Waals surface area contributed by atoms with Crippen LogP contribution in [0.3, 0.4) is 0 Å². The van der Waals surface area contributed by atoms with Gasteiger partial charge in [0.1, 0.15) is 11.4 Å². The van der Waals surface area contributed by atoms with Crippen LogP contribution in [0.1, 0.15) is 21.6 Å². The maximum atomic E-state index is 12.4. The third-order valence-corrected chi connectivity index (χ3v) is 5.29. The van der Waals surface area contributed by atoms with Crippen LogP contribution >= 0.6 is 11.6 Å². The number of nitrogens with zero attached hydrogens (tertiary/aromatic N) is 2. The number of nitrogens with one attached hydrogen (secondary N) is 2. The molecule has 0 aliphatic rings. The van der Waals surface area contributed by atoms with E-state index >= 15 is 0 Å². The number of rotatable bonds is 8. The molecule has 0 saturated carbocycles. The molecule has 2 amide bonds. The zero-order valence-electron chi connectivity index (χ0n) is 18.5. The Bertz CT molecular complexity index is 1300. The maximum absolute atomic E-state index is 12.4. The molecule has 0 radical (unpaired) electrons. The minimum atomic E-state index is -0.310. The standard InChI is InChI=1S/C26H23ClN4O3/c1-34-23-7-2-4-19(12-23)13-25(32)29-21-10-8-18(9-11-21)15-31-16-24(28-17-31)26(33)30-22-6-3-5-20(27)14-22/h2-12,14,16-17H,13,15H2,1H3,(H,29,32)(H,30,33). The van der Waals surface area contributed by atoms with Crippen LogP contribution in [-0.4, -0.2) is 28.5 Å². The molecule has 2 N–H and O–H groups in total. The van der Waals surface area contributed by atoms with E-state index in [-0.39, 0.29) is 18.2 Å². The Kier molecular flexibility index (Phi) is 7.25. The molecule has 1 aromatic heterocycles. The Morgan fingerprint density at radius 3 is 2.50 bits per heavy atom. The number of halogens is 1. The van der Waals surface area contributed by atoms with Crippen molar-refractivity contribution in [1.82, 2.24) is 9.55 Å². The van der Waals surface area contributed by atoms with Crippen LogP contribution in [0.2, 0.25) is 5.02 Å². The van der Waals surface area contributed by atoms with Gasteiger partial charge in [-0.2, -0.15) is 0 Å². The van der Waals surface area contributed by atoms with Gasteiger partial charge >= 0.3 is 0 Å². The van der Waals surface area contributed by atoms with Gasteiger partial charge in [-0.1, -0.05) is 41.9 Å². The number of hydrogen-bond acceptors (Lipinski definition) is 4. The van der Waals surface area contributed by atoms with Crippen LogP contribution in [0.4, 0.5) is 11.4 Å². The smallest absolute Gasteiger partial charge is 0.275 e. The van der Waals surface area contributed by atoms with Crippen LogP contribution in [-0.2, 0) is 17.8 Å². The van der Waals surface area contributed by atoms with Crippen molar-refractivity contribution in [2.45, 2.75) is 13.0 Å². The summed E-state index contributed by atoms with van der Waals surface area (Å²) in [6, 6.07) is 21.9. The van der Waals surface area contributed by atoms with Crippen molar-refractivity contribution in [2.75, 3.05) is 17.7 Å². The Morgan fingerprint density at radius 1 is 0.941 bits per heavy atom. The molecule has 34 heavy (non-hydrogen) atoms. The van der Waals surface area contributed by atoms with Crippen molar-refractivity contribution in [3.63, 3.8) is 0 Å². The molecule has 0 saturated heterocycles. The summed E-state index contributed by atoms with van der Waals surface area (Å²) >= 11 is 5.96. The lowest BCUT2D eigenvalue weighted by Crippen LogP contribution is -2.14. The predicted molar refractivity (Wildman–Crippen MR) is 133 cm³/mol. The van der Waals surface area contributed by atoms with Crippen molar-refractivity contribution in [3.8, 4) is 5.75 Å². The van der Waals surface area contributed by atoms with E-state index in [1.165, 1.54) is 0 Å². The third-order valence-electron chi connectivity index (χ3n) is 5.05. The molecule has 172 valence electrons. The van der Waals surface area contributed by atoms with Gasteiger partial charge < -0.3 is 19.9 Å². The van der Waals surface area contributed by atoms with Gasteiger partial charge in [-0.05, 0) is 53.6 Å². The molecule has 4 aromatic rings. The summed E-state index contributed by atoms with van der Waals surface area (Å²) < 4.78 is 7.02. The molecule has 1 heterocycles. The number of carbonyl (C=O) groups excluding carboxylic acids is 2. The molecule has 3 aromatic carbocycles. The Hall–Kier alpha value is -4.10. The lowest BCUT2D eigenvalue weighted by atomic mass is 10.1. The van der Waals surface area contributed by atoms with E-state index in [0.717, 1.165) is 16.9 Å². The summed E-state index contributed by atoms with van der Waals surface area (Å²) in [4.78, 5) is 29.0. The van der Waals surface area contributed by atoms with Gasteiger partial charge in [0.05, 0.1) is 19.9 Å². The molecule has 0 aliphatic carbocycles. The van der Waals surface area contributed by atoms with Crippen LogP contribution in [0.5, 0.6) is 5.75 Å². The number of carbonyl (C=O) groups is 2. The average molecular weight is 475 g/mol. The highest BCUT2D eigenvalue weighted by molar-refractivity contribution is 6.30. The summed E-state index contributed by atoms with van der Waals surface area (Å²) in [6.07, 6.45) is 3.55. The number of ether oxygens (including phenoxy) is 1. The number of benzene rings is 3. The fraction of sp³-hybridized carbons (Fsp3) is 0.115. The molecule has 0 atom stereocenters. The van der Waals surface area contributed by atoms with Crippen LogP contribution in [0.25, 0.3) is 0 Å². The maximum Gasteiger partial charge on any atom is 0.275 e. The van der Waals surface area contributed by atoms with Crippen LogP contribution in [0.15, 0.2) is 85.3 Å². The predicted octanol–water partition coefficient (Wildman–Crippen LogP) is 5.03. The largest absolute Gasteiger partial charge is 0.497 e. The van der Waals surface area contributed by atoms with Crippen molar-refractivity contribution in [2.24, 2.45) is 0 Å². The molecule has 0 spiro atoms. The Labute approximate surface area is 202 Å². The first-order valence-corrected chi connectivity index (χ1v) is 11.0. The molecule has 0 fully saturated rings. The van der Waals surface area contributed by atoms with E-state index in [1.807, 2.05) is 53.1 Å². The first-order chi connectivity index (χ1) is 16.5. The first-order valence-electron chi connectivity index (χ1n) is 10.6. The molecule has 0 aliphatic heterocycles. The van der Waals surface area contributed by atoms with E-state index in [9.17, 15) is 9.59 Å². The van der Waals surface area contributed by atoms with Crippen molar-refractivity contribution in [3.05, 3.63) is 107 Å². The molecule has 7 nitrogen and oxygen atoms in total. The third kappa shape index (κ3) is 6.24. The summed E-state index contributed by atoms with van der Waals surface area (Å²) in [5.41, 5.74) is 3.51. The average Bonchev–Trinajstić information content (AvgIpc) is 3.29. The molecular formula is C26H23ClN4O3. The molecule has 0 bridgehead atoms. The van der Waals surface area contributed by atoms with Gasteiger partial charge in [-0.25, -0.2) is 4.98 Å². The van der Waals surface area contributed by atoms with Gasteiger partial charge in [-0.15, -0.1) is 0 Å². The van der Waals surface area contributed by atoms with Crippen LogP contribution < -0.4 is 15.4 Å². The zero-order valence-corrected chi connectivity index (χ0v) is 19.3. The van der Waals surface area contributed by atoms with Crippen molar-refractivity contribution < 1.29 is 14.3 Å². The second-order valence-corrected chi connectivity index (χ2v) is 8.11. The highest BCUT2D eigenvalue weighted by Crippen LogP contribution is 2.17. The monoisotopic (exact) mass is 474 g/mol. The lowest BCUT2D eigenvalue weighted by molar-refractivity contribution is -0.115. The minimum absolute atomic E-state index is 0.106. The van der Waals surface area contributed by atoms with E-state index in [0.29, 0.717) is 28.6 Å². The van der Waals surface area contributed by atoms with Gasteiger partial charge in [0, 0.05) is 29.1 Å². The zero-order chi connectivity index (χ0) is 23.9. The van der Waals surface area contributed by atoms with E-state index in [2.05, 4.69) is 15.6 Å². The second-order valence-electron chi connectivity index (χ2n) is 7.67. The number of imidazole rings is 1. The van der Waals surface area contributed by atoms with Gasteiger partial charge in [-0.3, -0.25) is 9.59 Å². The topological polar surface area (TPSA) is 85.2 Å². The summed E-state index contributed by atoms with van der Waals surface area (Å²) in [7, 11) is 1.60. The number of methoxy groups -OCH3 is 1. The molecular weight excluding hydrogens is 452 g/mol. The van der Waals surface area contributed by atoms with Gasteiger partial charge in [0.2, 0.25) is 5.91 Å². The molecule has 0 unspecified atom stereocenters. The van der Waals surface area contributed by atoms with E-state index in [1.54, 1.807) is 43.9 Å². The Morgan fingerprint density at radius 2 is 1.74 bits per heavy atom. The fourth-order valence-electron chi connectivity index (χ4n) is 3.40. The quantitative estimate of drug-likeness (QED) is 0.375. The van der Waals surface area contributed by atoms with Crippen molar-refractivity contribution >= 4 is 34.8 Å². The van der Waals surface area contributed by atoms with Gasteiger partial charge in [0.15, 0.2) is 0 Å². The summed E-state index contributed by atoms with van der Waals surface area (Å²) in [5, 5.41) is 6.23. The van der Waals surface area contributed by atoms with Crippen molar-refractivity contribution in [1.29, 1.82) is 0 Å². The fourth-order valence-corrected chi connectivity index (χ4v) is 3.59.